The molecule has 108 valence electrons. The maximum Gasteiger partial charge on any atom is 0.152 e. The van der Waals surface area contributed by atoms with Crippen molar-refractivity contribution in [3.63, 3.8) is 0 Å². The molecule has 0 spiro atoms. The van der Waals surface area contributed by atoms with Crippen molar-refractivity contribution in [2.45, 2.75) is 58.4 Å². The second kappa shape index (κ2) is 5.43. The van der Waals surface area contributed by atoms with E-state index in [9.17, 15) is 0 Å². The summed E-state index contributed by atoms with van der Waals surface area (Å²) in [5.74, 6) is 2.30. The minimum atomic E-state index is 0.443. The molecule has 2 aromatic rings. The standard InChI is InChI=1S/C16H24N4/c1-11(2)14-10-15-16(17-8-9-20(15)19-14)18-13-6-4-12(3)5-7-13/h8-13H,4-7H2,1-3H3,(H,17,18). The summed E-state index contributed by atoms with van der Waals surface area (Å²) in [5, 5.41) is 8.24. The maximum atomic E-state index is 4.61. The molecule has 4 heteroatoms. The fraction of sp³-hybridized carbons (Fsp3) is 0.625. The average molecular weight is 272 g/mol. The van der Waals surface area contributed by atoms with E-state index < -0.39 is 0 Å². The minimum absolute atomic E-state index is 0.443. The van der Waals surface area contributed by atoms with Crippen LogP contribution in [0.25, 0.3) is 5.52 Å². The molecule has 0 amide bonds. The molecule has 1 aliphatic rings. The predicted molar refractivity (Wildman–Crippen MR) is 82.1 cm³/mol. The number of fused-ring (bicyclic) bond motifs is 1. The summed E-state index contributed by atoms with van der Waals surface area (Å²) in [6.45, 7) is 6.69. The van der Waals surface area contributed by atoms with Gasteiger partial charge in [0.05, 0.1) is 5.69 Å². The van der Waals surface area contributed by atoms with Gasteiger partial charge in [-0.3, -0.25) is 0 Å². The molecule has 0 bridgehead atoms. The van der Waals surface area contributed by atoms with Crippen LogP contribution in [0.2, 0.25) is 0 Å². The summed E-state index contributed by atoms with van der Waals surface area (Å²) in [6, 6.07) is 2.72. The monoisotopic (exact) mass is 272 g/mol. The molecule has 0 aliphatic heterocycles. The summed E-state index contributed by atoms with van der Waals surface area (Å²) in [4.78, 5) is 4.52. The van der Waals surface area contributed by atoms with Crippen LogP contribution in [0.1, 0.15) is 58.1 Å². The Balaban J connectivity index is 1.84. The van der Waals surface area contributed by atoms with Crippen LogP contribution in [-0.4, -0.2) is 20.6 Å². The molecule has 0 atom stereocenters. The molecule has 2 aromatic heterocycles. The first kappa shape index (κ1) is 13.4. The van der Waals surface area contributed by atoms with Gasteiger partial charge in [-0.25, -0.2) is 9.50 Å². The van der Waals surface area contributed by atoms with Gasteiger partial charge in [0.1, 0.15) is 5.52 Å². The van der Waals surface area contributed by atoms with E-state index in [2.05, 4.69) is 42.2 Å². The lowest BCUT2D eigenvalue weighted by atomic mass is 9.87. The van der Waals surface area contributed by atoms with Gasteiger partial charge in [-0.1, -0.05) is 20.8 Å². The van der Waals surface area contributed by atoms with Crippen molar-refractivity contribution < 1.29 is 0 Å². The summed E-state index contributed by atoms with van der Waals surface area (Å²) < 4.78 is 1.94. The van der Waals surface area contributed by atoms with Gasteiger partial charge in [0.15, 0.2) is 5.82 Å². The van der Waals surface area contributed by atoms with Crippen LogP contribution in [-0.2, 0) is 0 Å². The third-order valence-electron chi connectivity index (χ3n) is 4.36. The van der Waals surface area contributed by atoms with Crippen LogP contribution < -0.4 is 5.32 Å². The first-order chi connectivity index (χ1) is 9.63. The van der Waals surface area contributed by atoms with Crippen molar-refractivity contribution in [1.29, 1.82) is 0 Å². The molecule has 4 nitrogen and oxygen atoms in total. The van der Waals surface area contributed by atoms with Crippen molar-refractivity contribution >= 4 is 11.3 Å². The number of hydrogen-bond acceptors (Lipinski definition) is 3. The molecule has 1 fully saturated rings. The zero-order chi connectivity index (χ0) is 14.1. The SMILES string of the molecule is CC1CCC(Nc2nccn3nc(C(C)C)cc23)CC1. The Morgan fingerprint density at radius 2 is 2.00 bits per heavy atom. The molecule has 1 N–H and O–H groups in total. The Kier molecular flexibility index (Phi) is 3.64. The molecular weight excluding hydrogens is 248 g/mol. The van der Waals surface area contributed by atoms with Gasteiger partial charge < -0.3 is 5.32 Å². The summed E-state index contributed by atoms with van der Waals surface area (Å²) in [5.41, 5.74) is 2.22. The van der Waals surface area contributed by atoms with E-state index in [0.717, 1.165) is 22.9 Å². The van der Waals surface area contributed by atoms with E-state index in [1.807, 2.05) is 16.9 Å². The van der Waals surface area contributed by atoms with Gasteiger partial charge >= 0.3 is 0 Å². The molecule has 0 unspecified atom stereocenters. The number of hydrogen-bond donors (Lipinski definition) is 1. The molecule has 2 heterocycles. The van der Waals surface area contributed by atoms with Gasteiger partial charge in [0, 0.05) is 18.4 Å². The number of nitrogens with zero attached hydrogens (tertiary/aromatic N) is 3. The number of nitrogens with one attached hydrogen (secondary N) is 1. The second-order valence-corrected chi connectivity index (χ2v) is 6.43. The first-order valence-corrected chi connectivity index (χ1v) is 7.74. The van der Waals surface area contributed by atoms with Crippen molar-refractivity contribution in [3.8, 4) is 0 Å². The highest BCUT2D eigenvalue weighted by Crippen LogP contribution is 2.27. The van der Waals surface area contributed by atoms with Crippen molar-refractivity contribution in [2.24, 2.45) is 5.92 Å². The Morgan fingerprint density at radius 1 is 1.25 bits per heavy atom. The van der Waals surface area contributed by atoms with Crippen LogP contribution in [0.3, 0.4) is 0 Å². The average Bonchev–Trinajstić information content (AvgIpc) is 2.87. The molecule has 0 radical (unpaired) electrons. The molecule has 0 saturated heterocycles. The third-order valence-corrected chi connectivity index (χ3v) is 4.36. The smallest absolute Gasteiger partial charge is 0.152 e. The summed E-state index contributed by atoms with van der Waals surface area (Å²) in [7, 11) is 0. The summed E-state index contributed by atoms with van der Waals surface area (Å²) >= 11 is 0. The van der Waals surface area contributed by atoms with Crippen molar-refractivity contribution in [2.75, 3.05) is 5.32 Å². The highest BCUT2D eigenvalue weighted by Gasteiger charge is 2.19. The van der Waals surface area contributed by atoms with E-state index in [4.69, 9.17) is 0 Å². The maximum absolute atomic E-state index is 4.61. The lowest BCUT2D eigenvalue weighted by Crippen LogP contribution is -2.25. The number of anilines is 1. The van der Waals surface area contributed by atoms with Gasteiger partial charge in [-0.2, -0.15) is 5.10 Å². The first-order valence-electron chi connectivity index (χ1n) is 7.74. The van der Waals surface area contributed by atoms with Crippen LogP contribution in [0.4, 0.5) is 5.82 Å². The van der Waals surface area contributed by atoms with Crippen LogP contribution >= 0.6 is 0 Å². The van der Waals surface area contributed by atoms with E-state index >= 15 is 0 Å². The zero-order valence-corrected chi connectivity index (χ0v) is 12.6. The molecule has 1 aliphatic carbocycles. The molecular formula is C16H24N4. The topological polar surface area (TPSA) is 42.2 Å². The predicted octanol–water partition coefficient (Wildman–Crippen LogP) is 3.84. The van der Waals surface area contributed by atoms with Crippen LogP contribution in [0.5, 0.6) is 0 Å². The lowest BCUT2D eigenvalue weighted by molar-refractivity contribution is 0.361. The highest BCUT2D eigenvalue weighted by molar-refractivity contribution is 5.68. The van der Waals surface area contributed by atoms with E-state index in [-0.39, 0.29) is 0 Å². The second-order valence-electron chi connectivity index (χ2n) is 6.43. The van der Waals surface area contributed by atoms with Crippen molar-refractivity contribution in [3.05, 3.63) is 24.2 Å². The normalized spacial score (nSPS) is 23.4. The third kappa shape index (κ3) is 2.65. The molecule has 20 heavy (non-hydrogen) atoms. The van der Waals surface area contributed by atoms with E-state index in [0.29, 0.717) is 12.0 Å². The molecule has 1 saturated carbocycles. The van der Waals surface area contributed by atoms with Gasteiger partial charge in [0.2, 0.25) is 0 Å². The van der Waals surface area contributed by atoms with Gasteiger partial charge in [-0.15, -0.1) is 0 Å². The van der Waals surface area contributed by atoms with E-state index in [1.54, 1.807) is 0 Å². The van der Waals surface area contributed by atoms with Crippen LogP contribution in [0.15, 0.2) is 18.5 Å². The fourth-order valence-corrected chi connectivity index (χ4v) is 2.93. The van der Waals surface area contributed by atoms with E-state index in [1.165, 1.54) is 25.7 Å². The Morgan fingerprint density at radius 3 is 2.70 bits per heavy atom. The zero-order valence-electron chi connectivity index (χ0n) is 12.6. The largest absolute Gasteiger partial charge is 0.366 e. The van der Waals surface area contributed by atoms with Crippen LogP contribution in [0, 0.1) is 5.92 Å². The Labute approximate surface area is 120 Å². The van der Waals surface area contributed by atoms with Gasteiger partial charge in [-0.05, 0) is 43.6 Å². The van der Waals surface area contributed by atoms with Crippen molar-refractivity contribution in [1.82, 2.24) is 14.6 Å². The Hall–Kier alpha value is -1.58. The fourth-order valence-electron chi connectivity index (χ4n) is 2.93. The molecule has 0 aromatic carbocycles. The highest BCUT2D eigenvalue weighted by atomic mass is 15.2. The Bertz CT molecular complexity index is 579. The quantitative estimate of drug-likeness (QED) is 0.923. The van der Waals surface area contributed by atoms with Gasteiger partial charge in [0.25, 0.3) is 0 Å². The number of aromatic nitrogens is 3. The minimum Gasteiger partial charge on any atom is -0.366 e. The number of rotatable bonds is 3. The summed E-state index contributed by atoms with van der Waals surface area (Å²) in [6.07, 6.45) is 8.88. The molecule has 3 rings (SSSR count). The lowest BCUT2D eigenvalue weighted by Gasteiger charge is -2.27.